The molecule has 0 aliphatic carbocycles. The fraction of sp³-hybridized carbons (Fsp3) is 0.421. The van der Waals surface area contributed by atoms with Gasteiger partial charge in [-0.05, 0) is 50.5 Å². The van der Waals surface area contributed by atoms with Gasteiger partial charge in [0.1, 0.15) is 47.5 Å². The number of benzene rings is 3. The van der Waals surface area contributed by atoms with Crippen LogP contribution in [0, 0.1) is 11.6 Å². The number of fused-ring (bicyclic) bond motifs is 1. The van der Waals surface area contributed by atoms with Crippen LogP contribution in [0.15, 0.2) is 65.6 Å². The van der Waals surface area contributed by atoms with Crippen molar-refractivity contribution in [1.29, 1.82) is 0 Å². The number of nitrogens with zero attached hydrogens (tertiary/aromatic N) is 3. The Hall–Kier alpha value is -4.00. The van der Waals surface area contributed by atoms with Crippen LogP contribution >= 0.6 is 0 Å². The summed E-state index contributed by atoms with van der Waals surface area (Å²) in [5.41, 5.74) is 0.408. The molecule has 9 nitrogen and oxygen atoms in total. The van der Waals surface area contributed by atoms with Gasteiger partial charge in [-0.2, -0.15) is 0 Å². The third kappa shape index (κ3) is 9.41. The van der Waals surface area contributed by atoms with Crippen molar-refractivity contribution in [2.45, 2.75) is 39.0 Å². The number of hydrogen-bond donors (Lipinski definition) is 0. The molecule has 5 rings (SSSR count). The van der Waals surface area contributed by atoms with E-state index in [-0.39, 0.29) is 40.2 Å². The SMILES string of the molecule is CCN(C(=O)c1cn(-c2cc(OC)cc(OC)c2)c2cc(OCCCCCCC[N+]3(C)CCOCC3)ccc2c1=O)c1cc(F)cc(F)c1.[Br-]. The highest BCUT2D eigenvalue weighted by molar-refractivity contribution is 6.07. The number of amides is 1. The lowest BCUT2D eigenvalue weighted by Crippen LogP contribution is -3.00. The molecular formula is C38H46BrF2N3O6. The van der Waals surface area contributed by atoms with E-state index in [2.05, 4.69) is 7.05 Å². The zero-order valence-corrected chi connectivity index (χ0v) is 30.8. The molecule has 12 heteroatoms. The number of ether oxygens (including phenoxy) is 4. The minimum atomic E-state index is -0.826. The number of methoxy groups -OCH3 is 2. The molecule has 0 bridgehead atoms. The van der Waals surface area contributed by atoms with Gasteiger partial charge in [-0.1, -0.05) is 12.8 Å². The van der Waals surface area contributed by atoms with Crippen LogP contribution in [0.3, 0.4) is 0 Å². The van der Waals surface area contributed by atoms with Crippen LogP contribution in [0.2, 0.25) is 0 Å². The van der Waals surface area contributed by atoms with Crippen molar-refractivity contribution in [3.05, 3.63) is 88.2 Å². The van der Waals surface area contributed by atoms with E-state index in [1.54, 1.807) is 47.9 Å². The topological polar surface area (TPSA) is 79.2 Å². The van der Waals surface area contributed by atoms with Gasteiger partial charge < -0.3 is 49.9 Å². The van der Waals surface area contributed by atoms with Crippen molar-refractivity contribution in [1.82, 2.24) is 4.57 Å². The maximum Gasteiger partial charge on any atom is 0.263 e. The van der Waals surface area contributed by atoms with Crippen LogP contribution < -0.4 is 41.5 Å². The Morgan fingerprint density at radius 1 is 0.880 bits per heavy atom. The molecule has 1 aromatic heterocycles. The summed E-state index contributed by atoms with van der Waals surface area (Å²) in [6.07, 6.45) is 6.94. The summed E-state index contributed by atoms with van der Waals surface area (Å²) < 4.78 is 53.7. The molecule has 1 saturated heterocycles. The first-order chi connectivity index (χ1) is 23.6. The molecule has 2 heterocycles. The van der Waals surface area contributed by atoms with E-state index in [0.717, 1.165) is 68.2 Å². The lowest BCUT2D eigenvalue weighted by atomic mass is 10.1. The minimum Gasteiger partial charge on any atom is -1.00 e. The zero-order valence-electron chi connectivity index (χ0n) is 29.2. The lowest BCUT2D eigenvalue weighted by Gasteiger charge is -2.37. The second-order valence-corrected chi connectivity index (χ2v) is 12.7. The molecule has 0 unspecified atom stereocenters. The Morgan fingerprint density at radius 2 is 1.52 bits per heavy atom. The van der Waals surface area contributed by atoms with Crippen LogP contribution in [0.5, 0.6) is 17.2 Å². The summed E-state index contributed by atoms with van der Waals surface area (Å²) in [6, 6.07) is 13.2. The highest BCUT2D eigenvalue weighted by Gasteiger charge is 2.25. The molecule has 0 atom stereocenters. The van der Waals surface area contributed by atoms with Crippen LogP contribution in [0.25, 0.3) is 16.6 Å². The Balaban J connectivity index is 0.00000562. The number of hydrogen-bond acceptors (Lipinski definition) is 6. The van der Waals surface area contributed by atoms with Gasteiger partial charge in [0.25, 0.3) is 5.91 Å². The molecule has 3 aromatic carbocycles. The Kier molecular flexibility index (Phi) is 13.8. The second-order valence-electron chi connectivity index (χ2n) is 12.7. The maximum atomic E-state index is 14.1. The van der Waals surface area contributed by atoms with E-state index in [4.69, 9.17) is 18.9 Å². The van der Waals surface area contributed by atoms with Gasteiger partial charge in [-0.3, -0.25) is 9.59 Å². The molecule has 1 fully saturated rings. The van der Waals surface area contributed by atoms with Crippen LogP contribution in [-0.2, 0) is 4.74 Å². The summed E-state index contributed by atoms with van der Waals surface area (Å²) in [4.78, 5) is 29.0. The summed E-state index contributed by atoms with van der Waals surface area (Å²) in [5.74, 6) is -0.741. The average molecular weight is 759 g/mol. The van der Waals surface area contributed by atoms with Crippen molar-refractivity contribution in [3.8, 4) is 22.9 Å². The number of unbranched alkanes of at least 4 members (excludes halogenated alkanes) is 4. The third-order valence-corrected chi connectivity index (χ3v) is 9.20. The number of carbonyl (C=O) groups is 1. The number of carbonyl (C=O) groups excluding carboxylic acids is 1. The summed E-state index contributed by atoms with van der Waals surface area (Å²) >= 11 is 0. The van der Waals surface area contributed by atoms with Gasteiger partial charge in [-0.15, -0.1) is 0 Å². The van der Waals surface area contributed by atoms with E-state index < -0.39 is 23.0 Å². The van der Waals surface area contributed by atoms with Crippen molar-refractivity contribution in [2.75, 3.05) is 72.2 Å². The van der Waals surface area contributed by atoms with E-state index >= 15 is 0 Å². The number of anilines is 1. The van der Waals surface area contributed by atoms with E-state index in [1.807, 2.05) is 0 Å². The number of pyridine rings is 1. The van der Waals surface area contributed by atoms with Gasteiger partial charge in [0, 0.05) is 54.1 Å². The van der Waals surface area contributed by atoms with E-state index in [1.165, 1.54) is 44.7 Å². The first-order valence-corrected chi connectivity index (χ1v) is 16.9. The van der Waals surface area contributed by atoms with Crippen LogP contribution in [0.4, 0.5) is 14.5 Å². The predicted molar refractivity (Wildman–Crippen MR) is 187 cm³/mol. The van der Waals surface area contributed by atoms with Gasteiger partial charge >= 0.3 is 0 Å². The van der Waals surface area contributed by atoms with E-state index in [9.17, 15) is 18.4 Å². The number of quaternary nitrogens is 1. The van der Waals surface area contributed by atoms with Crippen molar-refractivity contribution < 1.29 is 54.0 Å². The van der Waals surface area contributed by atoms with Gasteiger partial charge in [-0.25, -0.2) is 8.78 Å². The number of aromatic nitrogens is 1. The van der Waals surface area contributed by atoms with Crippen LogP contribution in [0.1, 0.15) is 49.4 Å². The lowest BCUT2D eigenvalue weighted by molar-refractivity contribution is -0.917. The number of halogens is 3. The molecule has 0 N–H and O–H groups in total. The van der Waals surface area contributed by atoms with Gasteiger partial charge in [0.15, 0.2) is 0 Å². The van der Waals surface area contributed by atoms with Crippen molar-refractivity contribution >= 4 is 22.5 Å². The Labute approximate surface area is 302 Å². The zero-order chi connectivity index (χ0) is 35.0. The van der Waals surface area contributed by atoms with Crippen molar-refractivity contribution in [2.24, 2.45) is 0 Å². The van der Waals surface area contributed by atoms with Crippen molar-refractivity contribution in [3.63, 3.8) is 0 Å². The van der Waals surface area contributed by atoms with Gasteiger partial charge in [0.2, 0.25) is 5.43 Å². The molecular weight excluding hydrogens is 712 g/mol. The molecule has 270 valence electrons. The van der Waals surface area contributed by atoms with E-state index in [0.29, 0.717) is 35.1 Å². The Morgan fingerprint density at radius 3 is 2.16 bits per heavy atom. The highest BCUT2D eigenvalue weighted by atomic mass is 79.9. The summed E-state index contributed by atoms with van der Waals surface area (Å²) in [7, 11) is 5.38. The molecule has 1 aliphatic rings. The predicted octanol–water partition coefficient (Wildman–Crippen LogP) is 3.76. The fourth-order valence-electron chi connectivity index (χ4n) is 6.30. The number of rotatable bonds is 15. The molecule has 1 amide bonds. The maximum absolute atomic E-state index is 14.1. The monoisotopic (exact) mass is 757 g/mol. The normalized spacial score (nSPS) is 13.8. The summed E-state index contributed by atoms with van der Waals surface area (Å²) in [5, 5.41) is 0.276. The molecule has 4 aromatic rings. The quantitative estimate of drug-likeness (QED) is 0.136. The molecule has 50 heavy (non-hydrogen) atoms. The molecule has 0 spiro atoms. The Bertz CT molecular complexity index is 1790. The number of likely N-dealkylation sites (N-methyl/N-ethyl adjacent to an activating group) is 1. The fourth-order valence-corrected chi connectivity index (χ4v) is 6.30. The first-order valence-electron chi connectivity index (χ1n) is 16.9. The third-order valence-electron chi connectivity index (χ3n) is 9.20. The van der Waals surface area contributed by atoms with Gasteiger partial charge in [0.05, 0.1) is 58.8 Å². The molecule has 0 radical (unpaired) electrons. The first kappa shape index (κ1) is 38.8. The smallest absolute Gasteiger partial charge is 0.263 e. The average Bonchev–Trinajstić information content (AvgIpc) is 3.09. The highest BCUT2D eigenvalue weighted by Crippen LogP contribution is 2.30. The largest absolute Gasteiger partial charge is 1.00 e. The standard InChI is InChI=1S/C38H46F2N3O6.BrH/c1-5-41(29-20-27(39)19-28(40)21-29)38(45)35-26-42(30-22-32(46-3)24-33(23-30)47-4)36-25-31(11-12-34(36)37(35)44)49-16-10-8-6-7-9-13-43(2)14-17-48-18-15-43;/h11-12,19-26H,5-10,13-18H2,1-4H3;1H/q+1;/p-1. The second kappa shape index (κ2) is 17.8. The minimum absolute atomic E-state index is 0. The van der Waals surface area contributed by atoms with Crippen LogP contribution in [-0.4, -0.2) is 82.2 Å². The molecule has 1 aliphatic heterocycles. The summed E-state index contributed by atoms with van der Waals surface area (Å²) in [6.45, 7) is 7.33. The number of morpholine rings is 1. The molecule has 0 saturated carbocycles.